The monoisotopic (exact) mass is 494 g/mol. The fraction of sp³-hybridized carbons (Fsp3) is 0.227. The first kappa shape index (κ1) is 23.9. The lowest BCUT2D eigenvalue weighted by atomic mass is 10.1. The van der Waals surface area contributed by atoms with Crippen LogP contribution in [-0.4, -0.2) is 28.9 Å². The van der Waals surface area contributed by atoms with Crippen molar-refractivity contribution >= 4 is 69.1 Å². The average Bonchev–Trinajstić information content (AvgIpc) is 3.07. The summed E-state index contributed by atoms with van der Waals surface area (Å²) in [6, 6.07) is 11.1. The van der Waals surface area contributed by atoms with Gasteiger partial charge in [-0.25, -0.2) is 4.68 Å². The first-order chi connectivity index (χ1) is 15.2. The summed E-state index contributed by atoms with van der Waals surface area (Å²) in [6.07, 6.45) is 0.737. The number of rotatable bonds is 6. The predicted molar refractivity (Wildman–Crippen MR) is 128 cm³/mol. The van der Waals surface area contributed by atoms with Crippen LogP contribution in [0.25, 0.3) is 10.9 Å². The molecule has 3 rings (SSSR count). The molecule has 0 unspecified atom stereocenters. The first-order valence-electron chi connectivity index (χ1n) is 9.82. The SMILES string of the molecule is CC(C)CCNC(=O)C(=O)Nn1c(C(=O)Nc2ccc(Cl)c(Cl)c2)cc2cc(Cl)ccc21. The van der Waals surface area contributed by atoms with E-state index >= 15 is 0 Å². The topological polar surface area (TPSA) is 92.2 Å². The Morgan fingerprint density at radius 1 is 0.938 bits per heavy atom. The molecule has 7 nitrogen and oxygen atoms in total. The van der Waals surface area contributed by atoms with E-state index in [1.165, 1.54) is 10.7 Å². The molecule has 1 aromatic heterocycles. The number of benzene rings is 2. The van der Waals surface area contributed by atoms with Crippen LogP contribution in [0.15, 0.2) is 42.5 Å². The highest BCUT2D eigenvalue weighted by Gasteiger charge is 2.21. The van der Waals surface area contributed by atoms with Crippen molar-refractivity contribution in [1.29, 1.82) is 0 Å². The van der Waals surface area contributed by atoms with Gasteiger partial charge < -0.3 is 10.6 Å². The Labute approximate surface area is 200 Å². The van der Waals surface area contributed by atoms with Gasteiger partial charge in [-0.1, -0.05) is 48.7 Å². The van der Waals surface area contributed by atoms with Gasteiger partial charge in [-0.2, -0.15) is 0 Å². The van der Waals surface area contributed by atoms with Crippen LogP contribution < -0.4 is 16.1 Å². The Kier molecular flexibility index (Phi) is 7.66. The Hall–Kier alpha value is -2.74. The first-order valence-corrected chi connectivity index (χ1v) is 11.0. The molecule has 0 saturated carbocycles. The minimum Gasteiger partial charge on any atom is -0.348 e. The maximum Gasteiger partial charge on any atom is 0.328 e. The number of amides is 3. The number of aromatic nitrogens is 1. The van der Waals surface area contributed by atoms with E-state index in [-0.39, 0.29) is 10.7 Å². The maximum absolute atomic E-state index is 13.0. The number of hydrogen-bond donors (Lipinski definition) is 3. The number of carbonyl (C=O) groups excluding carboxylic acids is 3. The molecule has 32 heavy (non-hydrogen) atoms. The number of carbonyl (C=O) groups is 3. The van der Waals surface area contributed by atoms with Gasteiger partial charge >= 0.3 is 11.8 Å². The van der Waals surface area contributed by atoms with Gasteiger partial charge in [0.25, 0.3) is 5.91 Å². The molecule has 2 aromatic carbocycles. The number of fused-ring (bicyclic) bond motifs is 1. The van der Waals surface area contributed by atoms with Gasteiger partial charge in [0.2, 0.25) is 0 Å². The van der Waals surface area contributed by atoms with E-state index in [1.807, 2.05) is 13.8 Å². The summed E-state index contributed by atoms with van der Waals surface area (Å²) in [5.41, 5.74) is 3.50. The summed E-state index contributed by atoms with van der Waals surface area (Å²) in [6.45, 7) is 4.40. The number of nitrogens with zero attached hydrogens (tertiary/aromatic N) is 1. The molecule has 0 atom stereocenters. The number of nitrogens with one attached hydrogen (secondary N) is 3. The van der Waals surface area contributed by atoms with E-state index in [9.17, 15) is 14.4 Å². The smallest absolute Gasteiger partial charge is 0.328 e. The minimum atomic E-state index is -0.898. The molecule has 0 radical (unpaired) electrons. The predicted octanol–water partition coefficient (Wildman–Crippen LogP) is 5.09. The van der Waals surface area contributed by atoms with Crippen molar-refractivity contribution in [3.8, 4) is 0 Å². The third-order valence-corrected chi connectivity index (χ3v) is 5.57. The van der Waals surface area contributed by atoms with Crippen molar-refractivity contribution in [2.45, 2.75) is 20.3 Å². The van der Waals surface area contributed by atoms with Crippen molar-refractivity contribution < 1.29 is 14.4 Å². The Morgan fingerprint density at radius 2 is 1.69 bits per heavy atom. The van der Waals surface area contributed by atoms with Crippen LogP contribution in [0.4, 0.5) is 5.69 Å². The molecular formula is C22H21Cl3N4O3. The zero-order chi connectivity index (χ0) is 23.4. The number of hydrogen-bond acceptors (Lipinski definition) is 3. The van der Waals surface area contributed by atoms with E-state index in [4.69, 9.17) is 34.8 Å². The molecule has 0 bridgehead atoms. The Balaban J connectivity index is 1.88. The van der Waals surface area contributed by atoms with Gasteiger partial charge in [0.1, 0.15) is 5.69 Å². The Morgan fingerprint density at radius 3 is 2.38 bits per heavy atom. The summed E-state index contributed by atoms with van der Waals surface area (Å²) in [5, 5.41) is 6.98. The standard InChI is InChI=1S/C22H21Cl3N4O3/c1-12(2)7-8-26-21(31)22(32)28-29-18-6-3-14(23)9-13(18)10-19(29)20(30)27-15-4-5-16(24)17(25)11-15/h3-6,9-12H,7-8H2,1-2H3,(H,26,31)(H,27,30)(H,28,32). The molecule has 0 fully saturated rings. The molecule has 0 spiro atoms. The van der Waals surface area contributed by atoms with Crippen molar-refractivity contribution in [2.24, 2.45) is 5.92 Å². The van der Waals surface area contributed by atoms with Crippen LogP contribution in [0.3, 0.4) is 0 Å². The van der Waals surface area contributed by atoms with Gasteiger partial charge in [0, 0.05) is 22.6 Å². The van der Waals surface area contributed by atoms with Crippen LogP contribution in [0, 0.1) is 5.92 Å². The van der Waals surface area contributed by atoms with Crippen molar-refractivity contribution in [2.75, 3.05) is 17.3 Å². The number of anilines is 1. The third-order valence-electron chi connectivity index (χ3n) is 4.60. The molecule has 0 aliphatic heterocycles. The highest BCUT2D eigenvalue weighted by molar-refractivity contribution is 6.42. The van der Waals surface area contributed by atoms with Crippen LogP contribution in [-0.2, 0) is 9.59 Å². The zero-order valence-corrected chi connectivity index (χ0v) is 19.6. The van der Waals surface area contributed by atoms with Crippen LogP contribution in [0.5, 0.6) is 0 Å². The summed E-state index contributed by atoms with van der Waals surface area (Å²) in [4.78, 5) is 37.7. The largest absolute Gasteiger partial charge is 0.348 e. The summed E-state index contributed by atoms with van der Waals surface area (Å²) in [5.74, 6) is -1.84. The molecule has 3 aromatic rings. The van der Waals surface area contributed by atoms with E-state index in [0.717, 1.165) is 6.42 Å². The molecule has 1 heterocycles. The quantitative estimate of drug-likeness (QED) is 0.416. The van der Waals surface area contributed by atoms with Gasteiger partial charge in [-0.3, -0.25) is 19.8 Å². The normalized spacial score (nSPS) is 10.9. The summed E-state index contributed by atoms with van der Waals surface area (Å²) < 4.78 is 1.25. The van der Waals surface area contributed by atoms with Gasteiger partial charge in [-0.05, 0) is 54.8 Å². The van der Waals surface area contributed by atoms with Gasteiger partial charge in [-0.15, -0.1) is 0 Å². The lowest BCUT2D eigenvalue weighted by Crippen LogP contribution is -2.40. The fourth-order valence-corrected chi connectivity index (χ4v) is 3.43. The second-order valence-corrected chi connectivity index (χ2v) is 8.78. The summed E-state index contributed by atoms with van der Waals surface area (Å²) >= 11 is 18.0. The maximum atomic E-state index is 13.0. The van der Waals surface area contributed by atoms with Gasteiger partial charge in [0.05, 0.1) is 15.6 Å². The van der Waals surface area contributed by atoms with Crippen LogP contribution in [0.1, 0.15) is 30.8 Å². The average molecular weight is 496 g/mol. The number of halogens is 3. The molecule has 0 aliphatic rings. The highest BCUT2D eigenvalue weighted by Crippen LogP contribution is 2.27. The van der Waals surface area contributed by atoms with E-state index in [1.54, 1.807) is 36.4 Å². The van der Waals surface area contributed by atoms with Crippen LogP contribution in [0.2, 0.25) is 15.1 Å². The lowest BCUT2D eigenvalue weighted by molar-refractivity contribution is -0.136. The zero-order valence-electron chi connectivity index (χ0n) is 17.3. The molecule has 3 amide bonds. The third kappa shape index (κ3) is 5.73. The molecule has 168 valence electrons. The second-order valence-electron chi connectivity index (χ2n) is 7.53. The van der Waals surface area contributed by atoms with E-state index in [2.05, 4.69) is 16.1 Å². The molecule has 0 aliphatic carbocycles. The molecule has 0 saturated heterocycles. The van der Waals surface area contributed by atoms with Crippen molar-refractivity contribution in [1.82, 2.24) is 9.99 Å². The fourth-order valence-electron chi connectivity index (χ4n) is 2.95. The van der Waals surface area contributed by atoms with Crippen molar-refractivity contribution in [3.05, 3.63) is 63.2 Å². The molecule has 10 heteroatoms. The minimum absolute atomic E-state index is 0.0941. The second kappa shape index (κ2) is 10.3. The molecule has 3 N–H and O–H groups in total. The lowest BCUT2D eigenvalue weighted by Gasteiger charge is -2.13. The summed E-state index contributed by atoms with van der Waals surface area (Å²) in [7, 11) is 0. The highest BCUT2D eigenvalue weighted by atomic mass is 35.5. The van der Waals surface area contributed by atoms with E-state index < -0.39 is 17.7 Å². The Bertz CT molecular complexity index is 1190. The van der Waals surface area contributed by atoms with Crippen LogP contribution >= 0.6 is 34.8 Å². The van der Waals surface area contributed by atoms with E-state index in [0.29, 0.717) is 39.1 Å². The molecular weight excluding hydrogens is 475 g/mol. The van der Waals surface area contributed by atoms with Crippen molar-refractivity contribution in [3.63, 3.8) is 0 Å². The van der Waals surface area contributed by atoms with Gasteiger partial charge in [0.15, 0.2) is 0 Å².